The molecule has 0 spiro atoms. The first kappa shape index (κ1) is 13.5. The van der Waals surface area contributed by atoms with Crippen LogP contribution in [-0.4, -0.2) is 19.2 Å². The Balaban J connectivity index is 2.61. The molecule has 4 nitrogen and oxygen atoms in total. The fourth-order valence-corrected chi connectivity index (χ4v) is 2.17. The Morgan fingerprint density at radius 2 is 1.95 bits per heavy atom. The summed E-state index contributed by atoms with van der Waals surface area (Å²) in [7, 11) is 3.14. The van der Waals surface area contributed by atoms with Gasteiger partial charge in [-0.2, -0.15) is 0 Å². The van der Waals surface area contributed by atoms with Crippen LogP contribution in [0.1, 0.15) is 5.56 Å². The maximum atomic E-state index is 6.24. The maximum Gasteiger partial charge on any atom is 0.149 e. The second kappa shape index (κ2) is 5.36. The SMILES string of the molecule is COc1ccc(-c2cnc(N)c(C)c2)c(OC)c1Cl. The smallest absolute Gasteiger partial charge is 0.149 e. The number of nitrogen functional groups attached to an aromatic ring is 1. The highest BCUT2D eigenvalue weighted by molar-refractivity contribution is 6.34. The molecule has 0 atom stereocenters. The van der Waals surface area contributed by atoms with Crippen LogP contribution in [-0.2, 0) is 0 Å². The summed E-state index contributed by atoms with van der Waals surface area (Å²) in [6.07, 6.45) is 1.70. The molecule has 0 saturated carbocycles. The van der Waals surface area contributed by atoms with Crippen LogP contribution < -0.4 is 15.2 Å². The van der Waals surface area contributed by atoms with Crippen LogP contribution >= 0.6 is 11.6 Å². The second-order valence-corrected chi connectivity index (χ2v) is 4.47. The van der Waals surface area contributed by atoms with E-state index in [4.69, 9.17) is 26.8 Å². The summed E-state index contributed by atoms with van der Waals surface area (Å²) < 4.78 is 10.5. The highest BCUT2D eigenvalue weighted by atomic mass is 35.5. The quantitative estimate of drug-likeness (QED) is 0.936. The molecule has 19 heavy (non-hydrogen) atoms. The first-order valence-electron chi connectivity index (χ1n) is 5.71. The molecule has 0 aliphatic heterocycles. The Morgan fingerprint density at radius 3 is 2.53 bits per heavy atom. The van der Waals surface area contributed by atoms with Gasteiger partial charge in [-0.25, -0.2) is 4.98 Å². The van der Waals surface area contributed by atoms with Crippen molar-refractivity contribution >= 4 is 17.4 Å². The number of halogens is 1. The summed E-state index contributed by atoms with van der Waals surface area (Å²) >= 11 is 6.24. The standard InChI is InChI=1S/C14H15ClN2O2/c1-8-6-9(7-17-14(8)16)10-4-5-11(18-2)12(15)13(10)19-3/h4-7H,1-3H3,(H2,16,17). The van der Waals surface area contributed by atoms with Gasteiger partial charge in [-0.1, -0.05) is 11.6 Å². The molecule has 2 rings (SSSR count). The predicted octanol–water partition coefficient (Wildman–Crippen LogP) is 3.31. The molecule has 0 unspecified atom stereocenters. The minimum atomic E-state index is 0.442. The molecule has 0 aliphatic rings. The van der Waals surface area contributed by atoms with Crippen molar-refractivity contribution in [1.82, 2.24) is 4.98 Å². The van der Waals surface area contributed by atoms with Gasteiger partial charge in [-0.3, -0.25) is 0 Å². The summed E-state index contributed by atoms with van der Waals surface area (Å²) in [6.45, 7) is 1.91. The number of hydrogen-bond donors (Lipinski definition) is 1. The molecular weight excluding hydrogens is 264 g/mol. The highest BCUT2D eigenvalue weighted by Crippen LogP contribution is 2.41. The van der Waals surface area contributed by atoms with Crippen LogP contribution in [0.2, 0.25) is 5.02 Å². The molecule has 0 bridgehead atoms. The van der Waals surface area contributed by atoms with Crippen molar-refractivity contribution in [2.24, 2.45) is 0 Å². The molecular formula is C14H15ClN2O2. The zero-order chi connectivity index (χ0) is 14.0. The van der Waals surface area contributed by atoms with Gasteiger partial charge in [-0.15, -0.1) is 0 Å². The van der Waals surface area contributed by atoms with Crippen molar-refractivity contribution in [1.29, 1.82) is 0 Å². The first-order valence-corrected chi connectivity index (χ1v) is 6.09. The zero-order valence-corrected chi connectivity index (χ0v) is 11.8. The van der Waals surface area contributed by atoms with Crippen LogP contribution in [0.4, 0.5) is 5.82 Å². The fourth-order valence-electron chi connectivity index (χ4n) is 1.86. The Labute approximate surface area is 117 Å². The van der Waals surface area contributed by atoms with Crippen LogP contribution in [0.5, 0.6) is 11.5 Å². The van der Waals surface area contributed by atoms with Gasteiger partial charge >= 0.3 is 0 Å². The number of rotatable bonds is 3. The number of benzene rings is 1. The summed E-state index contributed by atoms with van der Waals surface area (Å²) in [6, 6.07) is 5.63. The van der Waals surface area contributed by atoms with E-state index in [9.17, 15) is 0 Å². The largest absolute Gasteiger partial charge is 0.495 e. The molecule has 0 radical (unpaired) electrons. The molecule has 0 amide bonds. The van der Waals surface area contributed by atoms with E-state index in [1.807, 2.05) is 19.1 Å². The summed E-state index contributed by atoms with van der Waals surface area (Å²) in [5.74, 6) is 1.65. The number of ether oxygens (including phenoxy) is 2. The van der Waals surface area contributed by atoms with Gasteiger partial charge < -0.3 is 15.2 Å². The molecule has 5 heteroatoms. The molecule has 1 aromatic carbocycles. The third kappa shape index (κ3) is 2.44. The van der Waals surface area contributed by atoms with Gasteiger partial charge in [0.25, 0.3) is 0 Å². The lowest BCUT2D eigenvalue weighted by atomic mass is 10.0. The van der Waals surface area contributed by atoms with E-state index in [0.717, 1.165) is 16.7 Å². The topological polar surface area (TPSA) is 57.4 Å². The number of anilines is 1. The van der Waals surface area contributed by atoms with Gasteiger partial charge in [0.15, 0.2) is 0 Å². The van der Waals surface area contributed by atoms with Crippen molar-refractivity contribution in [2.75, 3.05) is 20.0 Å². The summed E-state index contributed by atoms with van der Waals surface area (Å²) in [4.78, 5) is 4.15. The van der Waals surface area contributed by atoms with Crippen molar-refractivity contribution < 1.29 is 9.47 Å². The average molecular weight is 279 g/mol. The Hall–Kier alpha value is -1.94. The average Bonchev–Trinajstić information content (AvgIpc) is 2.41. The maximum absolute atomic E-state index is 6.24. The molecule has 0 saturated heterocycles. The van der Waals surface area contributed by atoms with Crippen LogP contribution in [0, 0.1) is 6.92 Å². The normalized spacial score (nSPS) is 10.3. The molecule has 1 aromatic heterocycles. The van der Waals surface area contributed by atoms with Gasteiger partial charge in [0.05, 0.1) is 14.2 Å². The Morgan fingerprint density at radius 1 is 1.21 bits per heavy atom. The Kier molecular flexibility index (Phi) is 3.81. The van der Waals surface area contributed by atoms with Gasteiger partial charge in [0.2, 0.25) is 0 Å². The van der Waals surface area contributed by atoms with E-state index in [1.165, 1.54) is 0 Å². The number of aryl methyl sites for hydroxylation is 1. The molecule has 2 aromatic rings. The lowest BCUT2D eigenvalue weighted by molar-refractivity contribution is 0.396. The predicted molar refractivity (Wildman–Crippen MR) is 76.9 cm³/mol. The second-order valence-electron chi connectivity index (χ2n) is 4.09. The number of aromatic nitrogens is 1. The van der Waals surface area contributed by atoms with E-state index in [-0.39, 0.29) is 0 Å². The van der Waals surface area contributed by atoms with E-state index in [0.29, 0.717) is 22.3 Å². The minimum absolute atomic E-state index is 0.442. The molecule has 0 fully saturated rings. The monoisotopic (exact) mass is 278 g/mol. The number of nitrogens with zero attached hydrogens (tertiary/aromatic N) is 1. The first-order chi connectivity index (χ1) is 9.08. The van der Waals surface area contributed by atoms with Crippen molar-refractivity contribution in [3.63, 3.8) is 0 Å². The Bertz CT molecular complexity index is 615. The van der Waals surface area contributed by atoms with Gasteiger partial charge in [0.1, 0.15) is 22.3 Å². The highest BCUT2D eigenvalue weighted by Gasteiger charge is 2.15. The van der Waals surface area contributed by atoms with Crippen LogP contribution in [0.25, 0.3) is 11.1 Å². The lowest BCUT2D eigenvalue weighted by Crippen LogP contribution is -1.96. The molecule has 100 valence electrons. The van der Waals surface area contributed by atoms with Crippen LogP contribution in [0.15, 0.2) is 24.4 Å². The van der Waals surface area contributed by atoms with Crippen LogP contribution in [0.3, 0.4) is 0 Å². The van der Waals surface area contributed by atoms with Crippen molar-refractivity contribution in [3.05, 3.63) is 35.0 Å². The van der Waals surface area contributed by atoms with Crippen molar-refractivity contribution in [3.8, 4) is 22.6 Å². The summed E-state index contributed by atoms with van der Waals surface area (Å²) in [5, 5.41) is 0.442. The van der Waals surface area contributed by atoms with E-state index in [1.54, 1.807) is 26.5 Å². The molecule has 1 heterocycles. The molecule has 2 N–H and O–H groups in total. The third-order valence-corrected chi connectivity index (χ3v) is 3.27. The van der Waals surface area contributed by atoms with E-state index in [2.05, 4.69) is 4.98 Å². The zero-order valence-electron chi connectivity index (χ0n) is 11.0. The van der Waals surface area contributed by atoms with Gasteiger partial charge in [0, 0.05) is 17.3 Å². The third-order valence-electron chi connectivity index (χ3n) is 2.92. The number of hydrogen-bond acceptors (Lipinski definition) is 4. The van der Waals surface area contributed by atoms with Crippen molar-refractivity contribution in [2.45, 2.75) is 6.92 Å². The minimum Gasteiger partial charge on any atom is -0.495 e. The number of pyridine rings is 1. The van der Waals surface area contributed by atoms with E-state index >= 15 is 0 Å². The fraction of sp³-hybridized carbons (Fsp3) is 0.214. The van der Waals surface area contributed by atoms with E-state index < -0.39 is 0 Å². The number of nitrogens with two attached hydrogens (primary N) is 1. The lowest BCUT2D eigenvalue weighted by Gasteiger charge is -2.13. The number of methoxy groups -OCH3 is 2. The van der Waals surface area contributed by atoms with Gasteiger partial charge in [-0.05, 0) is 30.7 Å². The summed E-state index contributed by atoms with van der Waals surface area (Å²) in [5.41, 5.74) is 8.38. The molecule has 0 aliphatic carbocycles.